The van der Waals surface area contributed by atoms with Gasteiger partial charge in [-0.1, -0.05) is 64.7 Å². The minimum Gasteiger partial charge on any atom is -0.343 e. The van der Waals surface area contributed by atoms with Crippen molar-refractivity contribution in [2.75, 3.05) is 0 Å². The second-order valence-corrected chi connectivity index (χ2v) is 3.68. The van der Waals surface area contributed by atoms with Gasteiger partial charge in [0.15, 0.2) is 0 Å². The van der Waals surface area contributed by atoms with E-state index in [-0.39, 0.29) is 21.7 Å². The van der Waals surface area contributed by atoms with Gasteiger partial charge in [-0.2, -0.15) is 6.42 Å². The number of unbranched alkanes of at least 4 members (excludes halogenated alkanes) is 9. The van der Waals surface area contributed by atoms with E-state index in [1.807, 2.05) is 0 Å². The third-order valence-corrected chi connectivity index (χ3v) is 2.35. The number of hydrogen-bond donors (Lipinski definition) is 0. The third kappa shape index (κ3) is 15.5. The average molecular weight is 217 g/mol. The van der Waals surface area contributed by atoms with Crippen LogP contribution in [-0.2, 0) is 21.7 Å². The zero-order valence-corrected chi connectivity index (χ0v) is 10.8. The van der Waals surface area contributed by atoms with E-state index in [1.165, 1.54) is 57.8 Å². The van der Waals surface area contributed by atoms with Crippen molar-refractivity contribution in [3.63, 3.8) is 0 Å². The van der Waals surface area contributed by atoms with Crippen molar-refractivity contribution in [3.05, 3.63) is 6.92 Å². The van der Waals surface area contributed by atoms with Crippen LogP contribution in [0.25, 0.3) is 0 Å². The molecule has 0 aromatic heterocycles. The summed E-state index contributed by atoms with van der Waals surface area (Å²) in [4.78, 5) is 0. The summed E-state index contributed by atoms with van der Waals surface area (Å²) in [7, 11) is 0. The van der Waals surface area contributed by atoms with Crippen molar-refractivity contribution in [3.8, 4) is 0 Å². The molecule has 0 N–H and O–H groups in total. The molecule has 0 nitrogen and oxygen atoms in total. The Bertz CT molecular complexity index is 61.5. The van der Waals surface area contributed by atoms with Gasteiger partial charge in [0.2, 0.25) is 0 Å². The fourth-order valence-electron chi connectivity index (χ4n) is 1.49. The molecule has 0 aromatic carbocycles. The van der Waals surface area contributed by atoms with Crippen molar-refractivity contribution in [2.45, 2.75) is 71.1 Å². The zero-order valence-electron chi connectivity index (χ0n) is 9.28. The zero-order chi connectivity index (χ0) is 9.07. The van der Waals surface area contributed by atoms with E-state index < -0.39 is 0 Å². The van der Waals surface area contributed by atoms with Crippen LogP contribution in [0.4, 0.5) is 0 Å². The molecule has 0 rings (SSSR count). The van der Waals surface area contributed by atoms with Crippen molar-refractivity contribution < 1.29 is 21.7 Å². The molecule has 0 saturated carbocycles. The molecule has 0 bridgehead atoms. The van der Waals surface area contributed by atoms with Crippen LogP contribution in [0.2, 0.25) is 0 Å². The van der Waals surface area contributed by atoms with Crippen LogP contribution in [0, 0.1) is 6.92 Å². The van der Waals surface area contributed by atoms with E-state index in [0.29, 0.717) is 0 Å². The molecule has 78 valence electrons. The molecule has 0 aromatic rings. The Balaban J connectivity index is 0. The largest absolute Gasteiger partial charge is 0.343 e. The van der Waals surface area contributed by atoms with Crippen LogP contribution < -0.4 is 0 Å². The molecule has 13 heavy (non-hydrogen) atoms. The first-order valence-corrected chi connectivity index (χ1v) is 5.71. The first kappa shape index (κ1) is 16.2. The molecule has 1 heteroatoms. The molecule has 0 unspecified atom stereocenters. The van der Waals surface area contributed by atoms with E-state index in [1.54, 1.807) is 0 Å². The summed E-state index contributed by atoms with van der Waals surface area (Å²) in [5.74, 6) is 0. The number of rotatable bonds is 9. The van der Waals surface area contributed by atoms with Crippen molar-refractivity contribution in [1.29, 1.82) is 0 Å². The Labute approximate surface area is 99.8 Å². The summed E-state index contributed by atoms with van der Waals surface area (Å²) in [6.07, 6.45) is 13.9. The Morgan fingerprint density at radius 3 is 1.46 bits per heavy atom. The molecular formula is C12H25Ti-. The molecule has 0 spiro atoms. The molecule has 0 radical (unpaired) electrons. The Morgan fingerprint density at radius 1 is 0.692 bits per heavy atom. The van der Waals surface area contributed by atoms with Crippen LogP contribution in [0.1, 0.15) is 71.1 Å². The van der Waals surface area contributed by atoms with E-state index in [4.69, 9.17) is 0 Å². The van der Waals surface area contributed by atoms with Gasteiger partial charge in [-0.3, -0.25) is 0 Å². The summed E-state index contributed by atoms with van der Waals surface area (Å²) in [6, 6.07) is 0. The number of hydrogen-bond acceptors (Lipinski definition) is 0. The molecule has 0 aliphatic heterocycles. The summed E-state index contributed by atoms with van der Waals surface area (Å²) >= 11 is 0. The monoisotopic (exact) mass is 217 g/mol. The van der Waals surface area contributed by atoms with E-state index in [2.05, 4.69) is 13.8 Å². The predicted molar refractivity (Wildman–Crippen MR) is 57.2 cm³/mol. The topological polar surface area (TPSA) is 0 Å². The minimum atomic E-state index is 0. The fourth-order valence-corrected chi connectivity index (χ4v) is 1.49. The molecule has 0 amide bonds. The van der Waals surface area contributed by atoms with Crippen LogP contribution in [-0.4, -0.2) is 0 Å². The van der Waals surface area contributed by atoms with Gasteiger partial charge in [-0.25, -0.2) is 0 Å². The summed E-state index contributed by atoms with van der Waals surface area (Å²) in [5.41, 5.74) is 0. The third-order valence-electron chi connectivity index (χ3n) is 2.35. The van der Waals surface area contributed by atoms with Crippen molar-refractivity contribution in [2.24, 2.45) is 0 Å². The Kier molecular flexibility index (Phi) is 18.9. The molecule has 0 aliphatic rings. The molecule has 0 saturated heterocycles. The van der Waals surface area contributed by atoms with E-state index in [9.17, 15) is 0 Å². The van der Waals surface area contributed by atoms with Gasteiger partial charge in [0.25, 0.3) is 0 Å². The Hall–Kier alpha value is 0.714. The fraction of sp³-hybridized carbons (Fsp3) is 0.917. The van der Waals surface area contributed by atoms with Crippen LogP contribution in [0.5, 0.6) is 0 Å². The van der Waals surface area contributed by atoms with E-state index >= 15 is 0 Å². The maximum absolute atomic E-state index is 3.84. The molecule has 0 heterocycles. The van der Waals surface area contributed by atoms with Crippen LogP contribution in [0.15, 0.2) is 0 Å². The van der Waals surface area contributed by atoms with Gasteiger partial charge in [-0.15, -0.1) is 0 Å². The first-order chi connectivity index (χ1) is 5.91. The molecule has 0 fully saturated rings. The van der Waals surface area contributed by atoms with Crippen LogP contribution >= 0.6 is 0 Å². The summed E-state index contributed by atoms with van der Waals surface area (Å²) in [6.45, 7) is 6.12. The smallest absolute Gasteiger partial charge is 0 e. The maximum Gasteiger partial charge on any atom is 0 e. The van der Waals surface area contributed by atoms with Gasteiger partial charge < -0.3 is 6.92 Å². The summed E-state index contributed by atoms with van der Waals surface area (Å²) in [5, 5.41) is 0. The standard InChI is InChI=1S/C12H25.Ti/c1-3-5-7-9-11-12-10-8-6-4-2;/h1,3-12H2,2H3;/q-1;. The maximum atomic E-state index is 3.84. The second kappa shape index (κ2) is 15.2. The minimum absolute atomic E-state index is 0. The first-order valence-electron chi connectivity index (χ1n) is 5.71. The van der Waals surface area contributed by atoms with E-state index in [0.717, 1.165) is 6.42 Å². The second-order valence-electron chi connectivity index (χ2n) is 3.68. The molecular weight excluding hydrogens is 192 g/mol. The van der Waals surface area contributed by atoms with Gasteiger partial charge in [-0.05, 0) is 0 Å². The normalized spacial score (nSPS) is 9.69. The van der Waals surface area contributed by atoms with Gasteiger partial charge in [0, 0.05) is 21.7 Å². The predicted octanol–water partition coefficient (Wildman–Crippen LogP) is 4.74. The molecule has 0 aliphatic carbocycles. The van der Waals surface area contributed by atoms with Crippen LogP contribution in [0.3, 0.4) is 0 Å². The van der Waals surface area contributed by atoms with Crippen molar-refractivity contribution >= 4 is 0 Å². The van der Waals surface area contributed by atoms with Crippen molar-refractivity contribution in [1.82, 2.24) is 0 Å². The molecule has 0 atom stereocenters. The average Bonchev–Trinajstić information content (AvgIpc) is 2.10. The van der Waals surface area contributed by atoms with Gasteiger partial charge in [0.05, 0.1) is 0 Å². The summed E-state index contributed by atoms with van der Waals surface area (Å²) < 4.78 is 0. The van der Waals surface area contributed by atoms with Gasteiger partial charge >= 0.3 is 0 Å². The Morgan fingerprint density at radius 2 is 1.08 bits per heavy atom. The SMILES string of the molecule is [CH2-]CCCCCCCCCCC.[Ti]. The quantitative estimate of drug-likeness (QED) is 0.297. The van der Waals surface area contributed by atoms with Gasteiger partial charge in [0.1, 0.15) is 0 Å².